The Labute approximate surface area is 174 Å². The minimum absolute atomic E-state index is 0.273. The molecule has 2 aromatic heterocycles. The van der Waals surface area contributed by atoms with Crippen LogP contribution in [0.15, 0.2) is 53.2 Å². The lowest BCUT2D eigenvalue weighted by molar-refractivity contribution is 0.0941. The zero-order valence-corrected chi connectivity index (χ0v) is 16.6. The molecular weight excluding hydrogens is 382 g/mol. The quantitative estimate of drug-likeness (QED) is 0.642. The van der Waals surface area contributed by atoms with E-state index in [9.17, 15) is 4.79 Å². The van der Waals surface area contributed by atoms with Crippen LogP contribution in [-0.4, -0.2) is 52.3 Å². The first kappa shape index (κ1) is 18.6. The van der Waals surface area contributed by atoms with Crippen molar-refractivity contribution in [2.75, 3.05) is 31.1 Å². The van der Waals surface area contributed by atoms with Crippen molar-refractivity contribution in [1.29, 1.82) is 0 Å². The van der Waals surface area contributed by atoms with Crippen LogP contribution >= 0.6 is 0 Å². The summed E-state index contributed by atoms with van der Waals surface area (Å²) in [7, 11) is 0. The summed E-state index contributed by atoms with van der Waals surface area (Å²) in [4.78, 5) is 25.3. The molecule has 0 atom stereocenters. The molecule has 30 heavy (non-hydrogen) atoms. The van der Waals surface area contributed by atoms with Gasteiger partial charge in [-0.25, -0.2) is 9.78 Å². The summed E-state index contributed by atoms with van der Waals surface area (Å²) in [5.74, 6) is 2.63. The maximum Gasteiger partial charge on any atom is 0.410 e. The molecule has 0 bridgehead atoms. The predicted molar refractivity (Wildman–Crippen MR) is 110 cm³/mol. The van der Waals surface area contributed by atoms with Crippen molar-refractivity contribution in [3.8, 4) is 11.4 Å². The first-order valence-corrected chi connectivity index (χ1v) is 10.3. The van der Waals surface area contributed by atoms with Gasteiger partial charge in [-0.3, -0.25) is 0 Å². The molecule has 3 aromatic rings. The maximum absolute atomic E-state index is 12.3. The molecule has 0 radical (unpaired) electrons. The number of carbonyl (C=O) groups excluding carboxylic acids is 1. The third-order valence-electron chi connectivity index (χ3n) is 5.44. The van der Waals surface area contributed by atoms with Gasteiger partial charge in [-0.2, -0.15) is 4.98 Å². The minimum atomic E-state index is -0.273. The van der Waals surface area contributed by atoms with E-state index in [0.717, 1.165) is 35.7 Å². The summed E-state index contributed by atoms with van der Waals surface area (Å²) in [6.45, 7) is 2.92. The van der Waals surface area contributed by atoms with Crippen LogP contribution in [0, 0.1) is 0 Å². The van der Waals surface area contributed by atoms with Crippen LogP contribution in [0.4, 0.5) is 10.6 Å². The second-order valence-corrected chi connectivity index (χ2v) is 7.65. The van der Waals surface area contributed by atoms with E-state index in [1.807, 2.05) is 42.5 Å². The van der Waals surface area contributed by atoms with Gasteiger partial charge in [0.25, 0.3) is 0 Å². The van der Waals surface area contributed by atoms with Crippen LogP contribution in [0.1, 0.15) is 30.2 Å². The smallest absolute Gasteiger partial charge is 0.410 e. The van der Waals surface area contributed by atoms with Crippen LogP contribution in [0.25, 0.3) is 11.4 Å². The number of amides is 1. The zero-order valence-electron chi connectivity index (χ0n) is 16.6. The molecule has 8 heteroatoms. The molecule has 0 unspecified atom stereocenters. The van der Waals surface area contributed by atoms with Crippen molar-refractivity contribution in [3.05, 3.63) is 60.1 Å². The number of hydrogen-bond donors (Lipinski definition) is 0. The van der Waals surface area contributed by atoms with Gasteiger partial charge in [0.05, 0.1) is 0 Å². The van der Waals surface area contributed by atoms with Gasteiger partial charge in [0, 0.05) is 43.9 Å². The molecule has 8 nitrogen and oxygen atoms in total. The lowest BCUT2D eigenvalue weighted by Crippen LogP contribution is -2.49. The van der Waals surface area contributed by atoms with Crippen LogP contribution in [0.5, 0.6) is 0 Å². The second-order valence-electron chi connectivity index (χ2n) is 7.65. The number of rotatable bonds is 5. The Morgan fingerprint density at radius 1 is 1.07 bits per heavy atom. The average Bonchev–Trinajstić information content (AvgIpc) is 3.55. The summed E-state index contributed by atoms with van der Waals surface area (Å²) < 4.78 is 10.7. The topological polar surface area (TPSA) is 84.6 Å². The monoisotopic (exact) mass is 405 g/mol. The van der Waals surface area contributed by atoms with E-state index >= 15 is 0 Å². The molecule has 1 aliphatic heterocycles. The highest BCUT2D eigenvalue weighted by molar-refractivity contribution is 5.68. The fourth-order valence-corrected chi connectivity index (χ4v) is 3.48. The maximum atomic E-state index is 12.3. The van der Waals surface area contributed by atoms with Crippen molar-refractivity contribution in [2.45, 2.75) is 25.4 Å². The van der Waals surface area contributed by atoms with Gasteiger partial charge in [0.2, 0.25) is 11.7 Å². The van der Waals surface area contributed by atoms with E-state index < -0.39 is 0 Å². The van der Waals surface area contributed by atoms with E-state index in [1.54, 1.807) is 11.1 Å². The molecule has 1 aromatic carbocycles. The number of carbonyl (C=O) groups is 1. The predicted octanol–water partition coefficient (Wildman–Crippen LogP) is 3.47. The number of ether oxygens (including phenoxy) is 1. The molecule has 154 valence electrons. The van der Waals surface area contributed by atoms with E-state index in [0.29, 0.717) is 44.5 Å². The molecule has 3 heterocycles. The van der Waals surface area contributed by atoms with Gasteiger partial charge >= 0.3 is 6.09 Å². The van der Waals surface area contributed by atoms with Crippen LogP contribution < -0.4 is 4.90 Å². The molecule has 1 amide bonds. The number of anilines is 1. The summed E-state index contributed by atoms with van der Waals surface area (Å²) in [5, 5.41) is 4.06. The molecule has 2 aliphatic rings. The lowest BCUT2D eigenvalue weighted by atomic mass is 10.2. The molecule has 0 N–H and O–H groups in total. The van der Waals surface area contributed by atoms with Gasteiger partial charge in [-0.05, 0) is 30.5 Å². The first-order valence-electron chi connectivity index (χ1n) is 10.3. The second kappa shape index (κ2) is 8.14. The van der Waals surface area contributed by atoms with Crippen molar-refractivity contribution >= 4 is 11.9 Å². The Morgan fingerprint density at radius 3 is 2.57 bits per heavy atom. The zero-order chi connectivity index (χ0) is 20.3. The van der Waals surface area contributed by atoms with Gasteiger partial charge in [-0.1, -0.05) is 35.5 Å². The van der Waals surface area contributed by atoms with Crippen LogP contribution in [-0.2, 0) is 11.3 Å². The summed E-state index contributed by atoms with van der Waals surface area (Å²) >= 11 is 0. The summed E-state index contributed by atoms with van der Waals surface area (Å²) in [6, 6.07) is 13.6. The van der Waals surface area contributed by atoms with Crippen LogP contribution in [0.3, 0.4) is 0 Å². The third-order valence-corrected chi connectivity index (χ3v) is 5.44. The molecule has 2 fully saturated rings. The third kappa shape index (κ3) is 4.12. The van der Waals surface area contributed by atoms with Gasteiger partial charge in [0.1, 0.15) is 12.4 Å². The number of benzene rings is 1. The Balaban J connectivity index is 1.14. The Kier molecular flexibility index (Phi) is 5.04. The van der Waals surface area contributed by atoms with Gasteiger partial charge in [-0.15, -0.1) is 0 Å². The summed E-state index contributed by atoms with van der Waals surface area (Å²) in [6.07, 6.45) is 3.76. The highest BCUT2D eigenvalue weighted by Crippen LogP contribution is 2.39. The van der Waals surface area contributed by atoms with Crippen molar-refractivity contribution in [3.63, 3.8) is 0 Å². The SMILES string of the molecule is O=C(OCc1ccccc1)N1CCN(c2ccc(-c3noc(C4CC4)n3)cn2)CC1. The summed E-state index contributed by atoms with van der Waals surface area (Å²) in [5.41, 5.74) is 1.83. The number of hydrogen-bond acceptors (Lipinski definition) is 7. The molecular formula is C22H23N5O3. The minimum Gasteiger partial charge on any atom is -0.445 e. The Morgan fingerprint density at radius 2 is 1.87 bits per heavy atom. The highest BCUT2D eigenvalue weighted by Gasteiger charge is 2.30. The number of nitrogens with zero attached hydrogens (tertiary/aromatic N) is 5. The standard InChI is InChI=1S/C22H23N5O3/c28-22(29-15-16-4-2-1-3-5-16)27-12-10-26(11-13-27)19-9-8-18(14-23-19)20-24-21(30-25-20)17-6-7-17/h1-5,8-9,14,17H,6-7,10-13,15H2. The van der Waals surface area contributed by atoms with E-state index in [-0.39, 0.29) is 6.09 Å². The fourth-order valence-electron chi connectivity index (χ4n) is 3.48. The first-order chi connectivity index (χ1) is 14.8. The van der Waals surface area contributed by atoms with Gasteiger partial charge < -0.3 is 19.1 Å². The Hall–Kier alpha value is -3.42. The molecule has 1 saturated heterocycles. The fraction of sp³-hybridized carbons (Fsp3) is 0.364. The highest BCUT2D eigenvalue weighted by atomic mass is 16.6. The molecule has 5 rings (SSSR count). The van der Waals surface area contributed by atoms with Crippen LogP contribution in [0.2, 0.25) is 0 Å². The largest absolute Gasteiger partial charge is 0.445 e. The molecule has 0 spiro atoms. The normalized spacial score (nSPS) is 16.5. The van der Waals surface area contributed by atoms with Crippen molar-refractivity contribution in [1.82, 2.24) is 20.0 Å². The van der Waals surface area contributed by atoms with Crippen molar-refractivity contribution in [2.24, 2.45) is 0 Å². The van der Waals surface area contributed by atoms with E-state index in [1.165, 1.54) is 0 Å². The molecule has 1 saturated carbocycles. The number of piperazine rings is 1. The Bertz CT molecular complexity index is 993. The van der Waals surface area contributed by atoms with E-state index in [4.69, 9.17) is 9.26 Å². The lowest BCUT2D eigenvalue weighted by Gasteiger charge is -2.34. The average molecular weight is 405 g/mol. The van der Waals surface area contributed by atoms with Gasteiger partial charge in [0.15, 0.2) is 0 Å². The molecule has 1 aliphatic carbocycles. The van der Waals surface area contributed by atoms with E-state index in [2.05, 4.69) is 20.0 Å². The van der Waals surface area contributed by atoms with Crippen molar-refractivity contribution < 1.29 is 14.1 Å². The number of aromatic nitrogens is 3. The number of pyridine rings is 1.